The van der Waals surface area contributed by atoms with Crippen molar-refractivity contribution in [2.24, 2.45) is 11.8 Å². The number of hydrogen-bond acceptors (Lipinski definition) is 5. The summed E-state index contributed by atoms with van der Waals surface area (Å²) in [5.74, 6) is -2.71. The number of benzene rings is 2. The van der Waals surface area contributed by atoms with Gasteiger partial charge >= 0.3 is 5.97 Å². The number of hydrogen-bond donors (Lipinski definition) is 1. The molecule has 6 nitrogen and oxygen atoms in total. The SMILES string of the molecule is COC(=O)[C@]12CC[C@](c3cccc(Cl)c3)(N1)[C@@H]1C(=O)N(c3ccccc3)C(=O)[C@@H]12. The maximum Gasteiger partial charge on any atom is 0.326 e. The number of nitrogens with zero attached hydrogens (tertiary/aromatic N) is 1. The van der Waals surface area contributed by atoms with Crippen molar-refractivity contribution in [1.82, 2.24) is 5.32 Å². The van der Waals surface area contributed by atoms with Gasteiger partial charge in [0.25, 0.3) is 0 Å². The third-order valence-electron chi connectivity index (χ3n) is 6.63. The maximum atomic E-state index is 13.6. The monoisotopic (exact) mass is 410 g/mol. The maximum absolute atomic E-state index is 13.6. The Balaban J connectivity index is 1.70. The van der Waals surface area contributed by atoms with Gasteiger partial charge in [0.05, 0.1) is 30.2 Å². The Hall–Kier alpha value is -2.70. The van der Waals surface area contributed by atoms with Crippen LogP contribution in [0.5, 0.6) is 0 Å². The van der Waals surface area contributed by atoms with E-state index in [4.69, 9.17) is 16.3 Å². The molecule has 4 atom stereocenters. The van der Waals surface area contributed by atoms with Crippen molar-refractivity contribution in [3.05, 3.63) is 65.2 Å². The van der Waals surface area contributed by atoms with Crippen molar-refractivity contribution in [2.75, 3.05) is 12.0 Å². The Morgan fingerprint density at radius 3 is 2.48 bits per heavy atom. The molecule has 5 rings (SSSR count). The predicted octanol–water partition coefficient (Wildman–Crippen LogP) is 2.65. The molecule has 2 bridgehead atoms. The molecular formula is C22H19ClN2O4. The van der Waals surface area contributed by atoms with E-state index in [0.29, 0.717) is 23.6 Å². The lowest BCUT2D eigenvalue weighted by Gasteiger charge is -2.33. The molecule has 3 saturated heterocycles. The second kappa shape index (κ2) is 6.15. The van der Waals surface area contributed by atoms with E-state index < -0.39 is 28.9 Å². The second-order valence-electron chi connectivity index (χ2n) is 7.87. The number of rotatable bonds is 3. The minimum atomic E-state index is -1.22. The standard InChI is InChI=1S/C22H19ClN2O4/c1-29-20(28)22-11-10-21(24-22,13-6-5-7-14(23)12-13)16-17(22)19(27)25(18(16)26)15-8-3-2-4-9-15/h2-9,12,16-17,24H,10-11H2,1H3/t16-,17+,21+,22+/m0/s1. The second-order valence-corrected chi connectivity index (χ2v) is 8.31. The summed E-state index contributed by atoms with van der Waals surface area (Å²) in [6.07, 6.45) is 0.945. The van der Waals surface area contributed by atoms with Crippen LogP contribution in [0, 0.1) is 11.8 Å². The highest BCUT2D eigenvalue weighted by Crippen LogP contribution is 2.61. The predicted molar refractivity (Wildman–Crippen MR) is 106 cm³/mol. The van der Waals surface area contributed by atoms with Gasteiger partial charge in [-0.15, -0.1) is 0 Å². The summed E-state index contributed by atoms with van der Waals surface area (Å²) in [5, 5.41) is 3.92. The summed E-state index contributed by atoms with van der Waals surface area (Å²) in [4.78, 5) is 41.2. The van der Waals surface area contributed by atoms with Crippen molar-refractivity contribution in [3.63, 3.8) is 0 Å². The molecule has 0 radical (unpaired) electrons. The largest absolute Gasteiger partial charge is 0.468 e. The first-order chi connectivity index (χ1) is 13.9. The average Bonchev–Trinajstić information content (AvgIpc) is 3.36. The number of nitrogens with one attached hydrogen (secondary N) is 1. The zero-order chi connectivity index (χ0) is 20.4. The lowest BCUT2D eigenvalue weighted by Crippen LogP contribution is -2.54. The van der Waals surface area contributed by atoms with Crippen molar-refractivity contribution >= 4 is 35.1 Å². The number of carbonyl (C=O) groups is 3. The molecule has 3 fully saturated rings. The number of ether oxygens (including phenoxy) is 1. The smallest absolute Gasteiger partial charge is 0.326 e. The Morgan fingerprint density at radius 2 is 1.79 bits per heavy atom. The Kier molecular flexibility index (Phi) is 3.89. The summed E-state index contributed by atoms with van der Waals surface area (Å²) in [5.41, 5.74) is -0.755. The Labute approximate surface area is 172 Å². The van der Waals surface area contributed by atoms with Crippen molar-refractivity contribution in [1.29, 1.82) is 0 Å². The third kappa shape index (κ3) is 2.24. The number of methoxy groups -OCH3 is 1. The van der Waals surface area contributed by atoms with Crippen molar-refractivity contribution in [3.8, 4) is 0 Å². The summed E-state index contributed by atoms with van der Waals surface area (Å²) >= 11 is 6.23. The molecule has 148 valence electrons. The minimum Gasteiger partial charge on any atom is -0.468 e. The zero-order valence-electron chi connectivity index (χ0n) is 15.7. The van der Waals surface area contributed by atoms with E-state index in [1.165, 1.54) is 12.0 Å². The van der Waals surface area contributed by atoms with Crippen LogP contribution in [0.4, 0.5) is 5.69 Å². The number of esters is 1. The van der Waals surface area contributed by atoms with Gasteiger partial charge in [0.15, 0.2) is 0 Å². The molecule has 1 N–H and O–H groups in total. The molecular weight excluding hydrogens is 392 g/mol. The van der Waals surface area contributed by atoms with E-state index in [1.807, 2.05) is 18.2 Å². The molecule has 0 saturated carbocycles. The molecule has 29 heavy (non-hydrogen) atoms. The van der Waals surface area contributed by atoms with Crippen LogP contribution < -0.4 is 10.2 Å². The summed E-state index contributed by atoms with van der Waals surface area (Å²) in [7, 11) is 1.31. The number of amides is 2. The Bertz CT molecular complexity index is 1040. The summed E-state index contributed by atoms with van der Waals surface area (Å²) < 4.78 is 5.08. The molecule has 3 heterocycles. The quantitative estimate of drug-likeness (QED) is 0.622. The van der Waals surface area contributed by atoms with Crippen molar-refractivity contribution < 1.29 is 19.1 Å². The highest BCUT2D eigenvalue weighted by atomic mass is 35.5. The highest BCUT2D eigenvalue weighted by Gasteiger charge is 2.77. The fourth-order valence-electron chi connectivity index (χ4n) is 5.50. The molecule has 3 aliphatic rings. The number of anilines is 1. The number of fused-ring (bicyclic) bond motifs is 5. The number of para-hydroxylation sites is 1. The Morgan fingerprint density at radius 1 is 1.07 bits per heavy atom. The van der Waals surface area contributed by atoms with E-state index >= 15 is 0 Å². The molecule has 7 heteroatoms. The molecule has 0 spiro atoms. The lowest BCUT2D eigenvalue weighted by atomic mass is 9.65. The van der Waals surface area contributed by atoms with E-state index in [-0.39, 0.29) is 11.8 Å². The summed E-state index contributed by atoms with van der Waals surface area (Å²) in [6, 6.07) is 16.1. The van der Waals surface area contributed by atoms with Crippen LogP contribution in [0.2, 0.25) is 5.02 Å². The number of halogens is 1. The van der Waals surface area contributed by atoms with E-state index in [0.717, 1.165) is 5.56 Å². The van der Waals surface area contributed by atoms with Gasteiger partial charge < -0.3 is 4.74 Å². The zero-order valence-corrected chi connectivity index (χ0v) is 16.5. The van der Waals surface area contributed by atoms with Gasteiger partial charge in [0.1, 0.15) is 5.54 Å². The summed E-state index contributed by atoms with van der Waals surface area (Å²) in [6.45, 7) is 0. The lowest BCUT2D eigenvalue weighted by molar-refractivity contribution is -0.152. The first kappa shape index (κ1) is 18.3. The average molecular weight is 411 g/mol. The molecule has 3 aliphatic heterocycles. The van der Waals surface area contributed by atoms with Crippen LogP contribution in [0.15, 0.2) is 54.6 Å². The van der Waals surface area contributed by atoms with Crippen LogP contribution in [-0.4, -0.2) is 30.4 Å². The van der Waals surface area contributed by atoms with E-state index in [2.05, 4.69) is 5.32 Å². The van der Waals surface area contributed by atoms with Crippen LogP contribution in [-0.2, 0) is 24.7 Å². The third-order valence-corrected chi connectivity index (χ3v) is 6.87. The van der Waals surface area contributed by atoms with E-state index in [9.17, 15) is 14.4 Å². The molecule has 2 amide bonds. The van der Waals surface area contributed by atoms with Gasteiger partial charge in [0.2, 0.25) is 11.8 Å². The highest BCUT2D eigenvalue weighted by molar-refractivity contribution is 6.30. The van der Waals surface area contributed by atoms with Crippen molar-refractivity contribution in [2.45, 2.75) is 23.9 Å². The van der Waals surface area contributed by atoms with Crippen LogP contribution in [0.3, 0.4) is 0 Å². The van der Waals surface area contributed by atoms with Gasteiger partial charge in [0, 0.05) is 5.02 Å². The number of imide groups is 1. The fourth-order valence-corrected chi connectivity index (χ4v) is 5.69. The van der Waals surface area contributed by atoms with Gasteiger partial charge in [-0.1, -0.05) is 41.9 Å². The van der Waals surface area contributed by atoms with Gasteiger partial charge in [-0.3, -0.25) is 19.7 Å². The first-order valence-electron chi connectivity index (χ1n) is 9.51. The minimum absolute atomic E-state index is 0.302. The molecule has 2 aromatic rings. The fraction of sp³-hybridized carbons (Fsp3) is 0.318. The number of carbonyl (C=O) groups excluding carboxylic acids is 3. The van der Waals surface area contributed by atoms with Gasteiger partial charge in [-0.05, 0) is 42.7 Å². The van der Waals surface area contributed by atoms with E-state index in [1.54, 1.807) is 36.4 Å². The molecule has 0 aromatic heterocycles. The topological polar surface area (TPSA) is 75.7 Å². The van der Waals surface area contributed by atoms with Crippen LogP contribution in [0.25, 0.3) is 0 Å². The van der Waals surface area contributed by atoms with Gasteiger partial charge in [-0.2, -0.15) is 0 Å². The van der Waals surface area contributed by atoms with Crippen LogP contribution >= 0.6 is 11.6 Å². The molecule has 2 aromatic carbocycles. The first-order valence-corrected chi connectivity index (χ1v) is 9.89. The molecule has 0 unspecified atom stereocenters. The van der Waals surface area contributed by atoms with Gasteiger partial charge in [-0.25, -0.2) is 4.90 Å². The normalized spacial score (nSPS) is 32.6. The molecule has 0 aliphatic carbocycles. The van der Waals surface area contributed by atoms with Crippen LogP contribution in [0.1, 0.15) is 18.4 Å².